The van der Waals surface area contributed by atoms with Crippen molar-refractivity contribution in [2.24, 2.45) is 0 Å². The van der Waals surface area contributed by atoms with Gasteiger partial charge in [-0.15, -0.1) is 0 Å². The lowest BCUT2D eigenvalue weighted by Crippen LogP contribution is -2.54. The molecular formula is C16H23NO3. The van der Waals surface area contributed by atoms with Crippen LogP contribution in [0.25, 0.3) is 0 Å². The van der Waals surface area contributed by atoms with E-state index in [4.69, 9.17) is 4.74 Å². The SMILES string of the molecule is CC(C)(O)C1CCCCN1C(=O)OCc1ccccc1. The number of aliphatic hydroxyl groups is 1. The number of benzene rings is 1. The highest BCUT2D eigenvalue weighted by atomic mass is 16.6. The molecule has 1 aromatic carbocycles. The molecule has 0 radical (unpaired) electrons. The first-order chi connectivity index (χ1) is 9.48. The molecule has 4 heteroatoms. The van der Waals surface area contributed by atoms with Crippen molar-refractivity contribution >= 4 is 6.09 Å². The van der Waals surface area contributed by atoms with Crippen molar-refractivity contribution in [2.45, 2.75) is 51.4 Å². The highest BCUT2D eigenvalue weighted by molar-refractivity contribution is 5.68. The van der Waals surface area contributed by atoms with Gasteiger partial charge in [-0.2, -0.15) is 0 Å². The highest BCUT2D eigenvalue weighted by Gasteiger charge is 2.37. The molecular weight excluding hydrogens is 254 g/mol. The molecule has 0 aliphatic carbocycles. The summed E-state index contributed by atoms with van der Waals surface area (Å²) in [5.41, 5.74) is 0.0734. The van der Waals surface area contributed by atoms with Crippen LogP contribution in [0.5, 0.6) is 0 Å². The van der Waals surface area contributed by atoms with Gasteiger partial charge >= 0.3 is 6.09 Å². The highest BCUT2D eigenvalue weighted by Crippen LogP contribution is 2.26. The lowest BCUT2D eigenvalue weighted by atomic mass is 9.89. The van der Waals surface area contributed by atoms with Crippen LogP contribution in [0, 0.1) is 0 Å². The normalized spacial score (nSPS) is 19.8. The largest absolute Gasteiger partial charge is 0.445 e. The van der Waals surface area contributed by atoms with Gasteiger partial charge in [-0.1, -0.05) is 30.3 Å². The van der Waals surface area contributed by atoms with Gasteiger partial charge in [-0.3, -0.25) is 0 Å². The van der Waals surface area contributed by atoms with Gasteiger partial charge in [0.15, 0.2) is 0 Å². The van der Waals surface area contributed by atoms with Gasteiger partial charge in [-0.05, 0) is 38.7 Å². The number of carbonyl (C=O) groups excluding carboxylic acids is 1. The molecule has 1 unspecified atom stereocenters. The summed E-state index contributed by atoms with van der Waals surface area (Å²) >= 11 is 0. The molecule has 0 spiro atoms. The molecule has 1 aliphatic rings. The van der Waals surface area contributed by atoms with Crippen LogP contribution in [0.3, 0.4) is 0 Å². The van der Waals surface area contributed by atoms with Crippen molar-refractivity contribution in [3.8, 4) is 0 Å². The summed E-state index contributed by atoms with van der Waals surface area (Å²) in [4.78, 5) is 13.9. The van der Waals surface area contributed by atoms with Crippen LogP contribution in [-0.4, -0.2) is 34.3 Å². The molecule has 1 heterocycles. The summed E-state index contributed by atoms with van der Waals surface area (Å²) < 4.78 is 5.37. The monoisotopic (exact) mass is 277 g/mol. The second kappa shape index (κ2) is 6.27. The molecule has 4 nitrogen and oxygen atoms in total. The van der Waals surface area contributed by atoms with Gasteiger partial charge < -0.3 is 14.7 Å². The maximum absolute atomic E-state index is 12.2. The van der Waals surface area contributed by atoms with Crippen molar-refractivity contribution in [2.75, 3.05) is 6.54 Å². The van der Waals surface area contributed by atoms with E-state index >= 15 is 0 Å². The van der Waals surface area contributed by atoms with Crippen molar-refractivity contribution < 1.29 is 14.6 Å². The van der Waals surface area contributed by atoms with Crippen molar-refractivity contribution in [1.29, 1.82) is 0 Å². The number of rotatable bonds is 3. The molecule has 1 aliphatic heterocycles. The van der Waals surface area contributed by atoms with Gasteiger partial charge in [0.2, 0.25) is 0 Å². The Morgan fingerprint density at radius 3 is 2.70 bits per heavy atom. The Morgan fingerprint density at radius 1 is 1.35 bits per heavy atom. The number of ether oxygens (including phenoxy) is 1. The minimum absolute atomic E-state index is 0.167. The van der Waals surface area contributed by atoms with E-state index in [1.165, 1.54) is 0 Å². The number of hydrogen-bond donors (Lipinski definition) is 1. The van der Waals surface area contributed by atoms with Crippen LogP contribution < -0.4 is 0 Å². The Bertz CT molecular complexity index is 439. The molecule has 1 atom stereocenters. The summed E-state index contributed by atoms with van der Waals surface area (Å²) in [7, 11) is 0. The second-order valence-corrected chi connectivity index (χ2v) is 5.90. The van der Waals surface area contributed by atoms with E-state index < -0.39 is 5.60 Å². The molecule has 110 valence electrons. The van der Waals surface area contributed by atoms with Gasteiger partial charge in [-0.25, -0.2) is 4.79 Å². The molecule has 1 amide bonds. The number of amides is 1. The first-order valence-corrected chi connectivity index (χ1v) is 7.18. The van der Waals surface area contributed by atoms with E-state index in [1.54, 1.807) is 18.7 Å². The number of hydrogen-bond acceptors (Lipinski definition) is 3. The van der Waals surface area contributed by atoms with E-state index in [0.29, 0.717) is 6.54 Å². The Balaban J connectivity index is 1.96. The summed E-state index contributed by atoms with van der Waals surface area (Å²) in [5, 5.41) is 10.2. The van der Waals surface area contributed by atoms with E-state index in [2.05, 4.69) is 0 Å². The minimum Gasteiger partial charge on any atom is -0.445 e. The number of nitrogens with zero attached hydrogens (tertiary/aromatic N) is 1. The van der Waals surface area contributed by atoms with Crippen LogP contribution in [0.1, 0.15) is 38.7 Å². The third-order valence-electron chi connectivity index (χ3n) is 3.76. The Hall–Kier alpha value is -1.55. The zero-order chi connectivity index (χ0) is 14.6. The summed E-state index contributed by atoms with van der Waals surface area (Å²) in [6.07, 6.45) is 2.49. The third kappa shape index (κ3) is 3.73. The topological polar surface area (TPSA) is 49.8 Å². The molecule has 2 rings (SSSR count). The molecule has 1 fully saturated rings. The predicted molar refractivity (Wildman–Crippen MR) is 77.3 cm³/mol. The van der Waals surface area contributed by atoms with Crippen LogP contribution >= 0.6 is 0 Å². The second-order valence-electron chi connectivity index (χ2n) is 5.90. The van der Waals surface area contributed by atoms with E-state index in [1.807, 2.05) is 30.3 Å². The van der Waals surface area contributed by atoms with Gasteiger partial charge in [0.05, 0.1) is 11.6 Å². The maximum atomic E-state index is 12.2. The van der Waals surface area contributed by atoms with Crippen LogP contribution in [-0.2, 0) is 11.3 Å². The minimum atomic E-state index is -0.897. The van der Waals surface area contributed by atoms with Crippen LogP contribution in [0.15, 0.2) is 30.3 Å². The summed E-state index contributed by atoms with van der Waals surface area (Å²) in [5.74, 6) is 0. The lowest BCUT2D eigenvalue weighted by molar-refractivity contribution is -0.0353. The third-order valence-corrected chi connectivity index (χ3v) is 3.76. The fourth-order valence-corrected chi connectivity index (χ4v) is 2.69. The fourth-order valence-electron chi connectivity index (χ4n) is 2.69. The summed E-state index contributed by atoms with van der Waals surface area (Å²) in [6.45, 7) is 4.43. The molecule has 1 N–H and O–H groups in total. The van der Waals surface area contributed by atoms with Crippen LogP contribution in [0.2, 0.25) is 0 Å². The maximum Gasteiger partial charge on any atom is 0.410 e. The molecule has 0 saturated carbocycles. The average Bonchev–Trinajstić information content (AvgIpc) is 2.45. The zero-order valence-corrected chi connectivity index (χ0v) is 12.2. The standard InChI is InChI=1S/C16H23NO3/c1-16(2,19)14-10-6-7-11-17(14)15(18)20-12-13-8-4-3-5-9-13/h3-5,8-9,14,19H,6-7,10-12H2,1-2H3. The fraction of sp³-hybridized carbons (Fsp3) is 0.562. The predicted octanol–water partition coefficient (Wildman–Crippen LogP) is 2.95. The Morgan fingerprint density at radius 2 is 2.05 bits per heavy atom. The summed E-state index contributed by atoms with van der Waals surface area (Å²) in [6, 6.07) is 9.46. The van der Waals surface area contributed by atoms with Gasteiger partial charge in [0.1, 0.15) is 6.61 Å². The van der Waals surface area contributed by atoms with Gasteiger partial charge in [0.25, 0.3) is 0 Å². The molecule has 20 heavy (non-hydrogen) atoms. The molecule has 0 aromatic heterocycles. The molecule has 0 bridgehead atoms. The molecule has 1 saturated heterocycles. The zero-order valence-electron chi connectivity index (χ0n) is 12.2. The Labute approximate surface area is 120 Å². The van der Waals surface area contributed by atoms with Gasteiger partial charge in [0, 0.05) is 6.54 Å². The number of carbonyl (C=O) groups is 1. The first-order valence-electron chi connectivity index (χ1n) is 7.18. The quantitative estimate of drug-likeness (QED) is 0.924. The molecule has 1 aromatic rings. The van der Waals surface area contributed by atoms with E-state index in [9.17, 15) is 9.90 Å². The van der Waals surface area contributed by atoms with Crippen molar-refractivity contribution in [3.63, 3.8) is 0 Å². The average molecular weight is 277 g/mol. The van der Waals surface area contributed by atoms with E-state index in [0.717, 1.165) is 24.8 Å². The first kappa shape index (κ1) is 14.9. The van der Waals surface area contributed by atoms with Crippen LogP contribution in [0.4, 0.5) is 4.79 Å². The van der Waals surface area contributed by atoms with E-state index in [-0.39, 0.29) is 18.7 Å². The Kier molecular flexibility index (Phi) is 4.65. The number of likely N-dealkylation sites (tertiary alicyclic amines) is 1. The van der Waals surface area contributed by atoms with Crippen molar-refractivity contribution in [3.05, 3.63) is 35.9 Å². The smallest absolute Gasteiger partial charge is 0.410 e. The number of piperidine rings is 1. The lowest BCUT2D eigenvalue weighted by Gasteiger charge is -2.41. The van der Waals surface area contributed by atoms with Crippen molar-refractivity contribution in [1.82, 2.24) is 4.90 Å².